The van der Waals surface area contributed by atoms with Crippen LogP contribution >= 0.6 is 0 Å². The average molecular weight is 221 g/mol. The summed E-state index contributed by atoms with van der Waals surface area (Å²) < 4.78 is 0. The second-order valence-electron chi connectivity index (χ2n) is 5.19. The van der Waals surface area contributed by atoms with Gasteiger partial charge < -0.3 is 10.4 Å². The number of benzene rings is 1. The van der Waals surface area contributed by atoms with Crippen molar-refractivity contribution in [3.63, 3.8) is 0 Å². The molecule has 2 N–H and O–H groups in total. The molecule has 0 spiro atoms. The van der Waals surface area contributed by atoms with E-state index in [9.17, 15) is 5.11 Å². The third-order valence-corrected chi connectivity index (χ3v) is 3.49. The van der Waals surface area contributed by atoms with E-state index in [2.05, 4.69) is 32.2 Å². The molecular formula is C14H23NO. The van der Waals surface area contributed by atoms with E-state index >= 15 is 0 Å². The minimum absolute atomic E-state index is 0.225. The third-order valence-electron chi connectivity index (χ3n) is 3.49. The lowest BCUT2D eigenvalue weighted by Gasteiger charge is -2.34. The maximum Gasteiger partial charge on any atom is 0.115 e. The van der Waals surface area contributed by atoms with Gasteiger partial charge >= 0.3 is 0 Å². The van der Waals surface area contributed by atoms with Crippen LogP contribution in [0.4, 0.5) is 0 Å². The quantitative estimate of drug-likeness (QED) is 0.801. The highest BCUT2D eigenvalue weighted by molar-refractivity contribution is 5.28. The summed E-state index contributed by atoms with van der Waals surface area (Å²) in [6.07, 6.45) is 0.986. The van der Waals surface area contributed by atoms with Crippen LogP contribution in [0.15, 0.2) is 24.3 Å². The first kappa shape index (κ1) is 13.0. The minimum atomic E-state index is 0.225. The maximum absolute atomic E-state index is 9.46. The van der Waals surface area contributed by atoms with E-state index in [4.69, 9.17) is 0 Å². The Labute approximate surface area is 98.7 Å². The van der Waals surface area contributed by atoms with E-state index in [-0.39, 0.29) is 5.41 Å². The number of phenolic OH excluding ortho intramolecular Hbond substituents is 1. The first-order valence-corrected chi connectivity index (χ1v) is 5.90. The predicted octanol–water partition coefficient (Wildman–Crippen LogP) is 2.82. The highest BCUT2D eigenvalue weighted by atomic mass is 16.3. The summed E-state index contributed by atoms with van der Waals surface area (Å²) in [5.41, 5.74) is 1.43. The fraction of sp³-hybridized carbons (Fsp3) is 0.571. The summed E-state index contributed by atoms with van der Waals surface area (Å²) in [6, 6.07) is 7.56. The zero-order valence-corrected chi connectivity index (χ0v) is 10.7. The van der Waals surface area contributed by atoms with Crippen molar-refractivity contribution >= 4 is 0 Å². The van der Waals surface area contributed by atoms with Crippen molar-refractivity contribution in [2.24, 2.45) is 11.3 Å². The van der Waals surface area contributed by atoms with Crippen LogP contribution in [0.1, 0.15) is 26.3 Å². The molecule has 2 heteroatoms. The van der Waals surface area contributed by atoms with Crippen LogP contribution in [-0.4, -0.2) is 18.7 Å². The Morgan fingerprint density at radius 3 is 2.56 bits per heavy atom. The van der Waals surface area contributed by atoms with Crippen molar-refractivity contribution in [1.29, 1.82) is 0 Å². The lowest BCUT2D eigenvalue weighted by molar-refractivity contribution is 0.212. The molecule has 0 aliphatic heterocycles. The van der Waals surface area contributed by atoms with E-state index in [1.807, 2.05) is 19.2 Å². The van der Waals surface area contributed by atoms with E-state index in [1.54, 1.807) is 6.07 Å². The fourth-order valence-electron chi connectivity index (χ4n) is 2.01. The molecule has 0 aliphatic carbocycles. The first-order chi connectivity index (χ1) is 7.48. The zero-order valence-electron chi connectivity index (χ0n) is 10.7. The molecule has 1 rings (SSSR count). The van der Waals surface area contributed by atoms with Gasteiger partial charge in [-0.15, -0.1) is 0 Å². The van der Waals surface area contributed by atoms with Gasteiger partial charge in [0.05, 0.1) is 0 Å². The summed E-state index contributed by atoms with van der Waals surface area (Å²) in [5.74, 6) is 0.954. The fourth-order valence-corrected chi connectivity index (χ4v) is 2.01. The Morgan fingerprint density at radius 1 is 1.38 bits per heavy atom. The van der Waals surface area contributed by atoms with Crippen LogP contribution in [-0.2, 0) is 6.42 Å². The lowest BCUT2D eigenvalue weighted by Crippen LogP contribution is -2.36. The molecule has 0 aromatic heterocycles. The van der Waals surface area contributed by atoms with Gasteiger partial charge in [0.1, 0.15) is 5.75 Å². The van der Waals surface area contributed by atoms with E-state index in [1.165, 1.54) is 5.56 Å². The first-order valence-electron chi connectivity index (χ1n) is 5.90. The second kappa shape index (κ2) is 5.35. The van der Waals surface area contributed by atoms with Crippen LogP contribution < -0.4 is 5.32 Å². The van der Waals surface area contributed by atoms with Gasteiger partial charge in [-0.2, -0.15) is 0 Å². The Morgan fingerprint density at radius 2 is 2.06 bits per heavy atom. The Bertz CT molecular complexity index is 335. The standard InChI is InChI=1S/C14H23NO/c1-11(2)14(3,10-15-4)9-12-6-5-7-13(16)8-12/h5-8,11,15-16H,9-10H2,1-4H3. The number of rotatable bonds is 5. The Kier molecular flexibility index (Phi) is 4.36. The smallest absolute Gasteiger partial charge is 0.115 e. The maximum atomic E-state index is 9.46. The summed E-state index contributed by atoms with van der Waals surface area (Å²) in [7, 11) is 1.99. The average Bonchev–Trinajstić information content (AvgIpc) is 2.17. The van der Waals surface area contributed by atoms with Gasteiger partial charge in [0.15, 0.2) is 0 Å². The van der Waals surface area contributed by atoms with Crippen molar-refractivity contribution in [3.8, 4) is 5.75 Å². The third kappa shape index (κ3) is 3.24. The lowest BCUT2D eigenvalue weighted by atomic mass is 9.74. The molecule has 0 saturated carbocycles. The van der Waals surface area contributed by atoms with Gasteiger partial charge in [0, 0.05) is 6.54 Å². The molecule has 0 radical (unpaired) electrons. The van der Waals surface area contributed by atoms with Gasteiger partial charge in [0.2, 0.25) is 0 Å². The van der Waals surface area contributed by atoms with E-state index in [0.29, 0.717) is 11.7 Å². The normalized spacial score (nSPS) is 15.1. The molecule has 1 aromatic carbocycles. The van der Waals surface area contributed by atoms with Gasteiger partial charge in [0.25, 0.3) is 0 Å². The molecule has 0 fully saturated rings. The summed E-state index contributed by atoms with van der Waals surface area (Å²) in [6.45, 7) is 7.78. The summed E-state index contributed by atoms with van der Waals surface area (Å²) in [5, 5.41) is 12.7. The molecule has 0 saturated heterocycles. The number of hydrogen-bond acceptors (Lipinski definition) is 2. The van der Waals surface area contributed by atoms with Gasteiger partial charge in [-0.25, -0.2) is 0 Å². The predicted molar refractivity (Wildman–Crippen MR) is 68.7 cm³/mol. The molecular weight excluding hydrogens is 198 g/mol. The molecule has 16 heavy (non-hydrogen) atoms. The van der Waals surface area contributed by atoms with Crippen LogP contribution in [0.2, 0.25) is 0 Å². The van der Waals surface area contributed by atoms with Gasteiger partial charge in [-0.3, -0.25) is 0 Å². The number of phenols is 1. The van der Waals surface area contributed by atoms with Crippen LogP contribution in [0.25, 0.3) is 0 Å². The molecule has 90 valence electrons. The van der Waals surface area contributed by atoms with Crippen molar-refractivity contribution in [2.75, 3.05) is 13.6 Å². The van der Waals surface area contributed by atoms with Crippen molar-refractivity contribution < 1.29 is 5.11 Å². The molecule has 0 heterocycles. The topological polar surface area (TPSA) is 32.3 Å². The number of aromatic hydroxyl groups is 1. The largest absolute Gasteiger partial charge is 0.508 e. The van der Waals surface area contributed by atoms with Crippen LogP contribution in [0.5, 0.6) is 5.75 Å². The Balaban J connectivity index is 2.83. The molecule has 1 atom stereocenters. The number of nitrogens with one attached hydrogen (secondary N) is 1. The molecule has 0 amide bonds. The van der Waals surface area contributed by atoms with Gasteiger partial charge in [-0.1, -0.05) is 32.9 Å². The summed E-state index contributed by atoms with van der Waals surface area (Å²) in [4.78, 5) is 0. The van der Waals surface area contributed by atoms with E-state index < -0.39 is 0 Å². The van der Waals surface area contributed by atoms with E-state index in [0.717, 1.165) is 13.0 Å². The van der Waals surface area contributed by atoms with Crippen LogP contribution in [0, 0.1) is 11.3 Å². The minimum Gasteiger partial charge on any atom is -0.508 e. The van der Waals surface area contributed by atoms with Crippen LogP contribution in [0.3, 0.4) is 0 Å². The van der Waals surface area contributed by atoms with Crippen molar-refractivity contribution in [1.82, 2.24) is 5.32 Å². The highest BCUT2D eigenvalue weighted by Crippen LogP contribution is 2.31. The monoisotopic (exact) mass is 221 g/mol. The van der Waals surface area contributed by atoms with Gasteiger partial charge in [-0.05, 0) is 42.5 Å². The van der Waals surface area contributed by atoms with Crippen molar-refractivity contribution in [3.05, 3.63) is 29.8 Å². The molecule has 1 unspecified atom stereocenters. The highest BCUT2D eigenvalue weighted by Gasteiger charge is 2.27. The van der Waals surface area contributed by atoms with Crippen molar-refractivity contribution in [2.45, 2.75) is 27.2 Å². The second-order valence-corrected chi connectivity index (χ2v) is 5.19. The number of hydrogen-bond donors (Lipinski definition) is 2. The molecule has 0 bridgehead atoms. The molecule has 0 aliphatic rings. The SMILES string of the molecule is CNCC(C)(Cc1cccc(O)c1)C(C)C. The summed E-state index contributed by atoms with van der Waals surface area (Å²) >= 11 is 0. The molecule has 1 aromatic rings. The zero-order chi connectivity index (χ0) is 12.2. The Hall–Kier alpha value is -1.02. The molecule has 2 nitrogen and oxygen atoms in total.